The maximum Gasteiger partial charge on any atom is 0.254 e. The van der Waals surface area contributed by atoms with Crippen molar-refractivity contribution in [1.82, 2.24) is 0 Å². The zero-order valence-corrected chi connectivity index (χ0v) is 20.1. The number of para-hydroxylation sites is 2. The summed E-state index contributed by atoms with van der Waals surface area (Å²) in [5.41, 5.74) is 2.83. The first-order valence-corrected chi connectivity index (χ1v) is 11.3. The summed E-state index contributed by atoms with van der Waals surface area (Å²) in [5.74, 6) is -0.584. The van der Waals surface area contributed by atoms with Gasteiger partial charge in [-0.25, -0.2) is 0 Å². The minimum absolute atomic E-state index is 0.00669. The molecule has 7 heteroatoms. The van der Waals surface area contributed by atoms with Gasteiger partial charge in [0.15, 0.2) is 11.5 Å². The Labute approximate surface area is 199 Å². The number of ketones is 1. The van der Waals surface area contributed by atoms with Crippen LogP contribution in [0.25, 0.3) is 0 Å². The topological polar surface area (TPSA) is 97.2 Å². The van der Waals surface area contributed by atoms with Crippen molar-refractivity contribution in [2.45, 2.75) is 39.5 Å². The molecule has 2 N–H and O–H groups in total. The van der Waals surface area contributed by atoms with Crippen molar-refractivity contribution in [3.63, 3.8) is 0 Å². The van der Waals surface area contributed by atoms with Gasteiger partial charge in [-0.3, -0.25) is 14.6 Å². The van der Waals surface area contributed by atoms with E-state index in [1.807, 2.05) is 12.1 Å². The van der Waals surface area contributed by atoms with Crippen LogP contribution in [0.3, 0.4) is 0 Å². The lowest BCUT2D eigenvalue weighted by Gasteiger charge is -2.41. The summed E-state index contributed by atoms with van der Waals surface area (Å²) in [7, 11) is 3.01. The average molecular weight is 463 g/mol. The predicted octanol–water partition coefficient (Wildman–Crippen LogP) is 4.87. The fourth-order valence-electron chi connectivity index (χ4n) is 5.07. The Kier molecular flexibility index (Phi) is 6.21. The third-order valence-electron chi connectivity index (χ3n) is 6.53. The van der Waals surface area contributed by atoms with E-state index in [-0.39, 0.29) is 28.6 Å². The van der Waals surface area contributed by atoms with E-state index >= 15 is 0 Å². The largest absolute Gasteiger partial charge is 0.504 e. The van der Waals surface area contributed by atoms with E-state index in [1.165, 1.54) is 13.2 Å². The maximum atomic E-state index is 13.7. The molecule has 0 saturated heterocycles. The molecule has 1 saturated carbocycles. The molecule has 1 aliphatic carbocycles. The third-order valence-corrected chi connectivity index (χ3v) is 6.53. The summed E-state index contributed by atoms with van der Waals surface area (Å²) >= 11 is 0. The molecule has 0 aromatic heterocycles. The highest BCUT2D eigenvalue weighted by Crippen LogP contribution is 2.48. The van der Waals surface area contributed by atoms with Gasteiger partial charge < -0.3 is 19.9 Å². The number of ether oxygens (including phenoxy) is 2. The van der Waals surface area contributed by atoms with E-state index in [1.54, 1.807) is 38.3 Å². The van der Waals surface area contributed by atoms with Crippen molar-refractivity contribution < 1.29 is 24.2 Å². The van der Waals surface area contributed by atoms with Crippen LogP contribution in [0, 0.1) is 11.3 Å². The monoisotopic (exact) mass is 462 g/mol. The van der Waals surface area contributed by atoms with Crippen molar-refractivity contribution >= 4 is 23.1 Å². The third kappa shape index (κ3) is 4.30. The normalized spacial score (nSPS) is 21.4. The number of rotatable bonds is 5. The van der Waals surface area contributed by atoms with Gasteiger partial charge in [-0.15, -0.1) is 0 Å². The number of carbonyl (C=O) groups excluding carboxylic acids is 2. The van der Waals surface area contributed by atoms with E-state index in [2.05, 4.69) is 19.2 Å². The summed E-state index contributed by atoms with van der Waals surface area (Å²) < 4.78 is 10.7. The van der Waals surface area contributed by atoms with Gasteiger partial charge >= 0.3 is 0 Å². The van der Waals surface area contributed by atoms with Gasteiger partial charge in [-0.05, 0) is 48.6 Å². The molecule has 178 valence electrons. The fraction of sp³-hybridized carbons (Fsp3) is 0.370. The lowest BCUT2D eigenvalue weighted by molar-refractivity contribution is -0.124. The highest BCUT2D eigenvalue weighted by atomic mass is 16.5. The minimum atomic E-state index is -0.555. The number of phenolic OH excluding ortho intramolecular Hbond substituents is 1. The molecular weight excluding hydrogens is 432 g/mol. The maximum absolute atomic E-state index is 13.7. The number of Topliss-reactive ketones (excluding diaryl/α,β-unsaturated/α-hetero) is 1. The van der Waals surface area contributed by atoms with Crippen LogP contribution in [0.4, 0.5) is 5.69 Å². The molecule has 1 amide bonds. The van der Waals surface area contributed by atoms with E-state index in [9.17, 15) is 14.7 Å². The van der Waals surface area contributed by atoms with E-state index in [4.69, 9.17) is 14.5 Å². The van der Waals surface area contributed by atoms with Gasteiger partial charge in [0.05, 0.1) is 25.8 Å². The number of benzene rings is 2. The Morgan fingerprint density at radius 3 is 2.47 bits per heavy atom. The number of fused-ring (bicyclic) bond motifs is 1. The molecule has 2 atom stereocenters. The molecular formula is C27H30N2O5. The second-order valence-electron chi connectivity index (χ2n) is 9.63. The zero-order valence-electron chi connectivity index (χ0n) is 20.1. The molecule has 0 bridgehead atoms. The molecule has 7 nitrogen and oxygen atoms in total. The number of phenols is 1. The van der Waals surface area contributed by atoms with Crippen LogP contribution < -0.4 is 14.8 Å². The van der Waals surface area contributed by atoms with Gasteiger partial charge in [-0.1, -0.05) is 32.0 Å². The highest BCUT2D eigenvalue weighted by Gasteiger charge is 2.47. The summed E-state index contributed by atoms with van der Waals surface area (Å²) in [6, 6.07) is 12.1. The Bertz CT molecular complexity index is 1210. The Morgan fingerprint density at radius 2 is 1.76 bits per heavy atom. The molecule has 0 spiro atoms. The molecule has 2 aliphatic rings. The lowest BCUT2D eigenvalue weighted by Crippen LogP contribution is -2.44. The molecule has 0 radical (unpaired) electrons. The zero-order chi connectivity index (χ0) is 24.6. The Morgan fingerprint density at radius 1 is 1.06 bits per heavy atom. The molecule has 2 aromatic carbocycles. The minimum Gasteiger partial charge on any atom is -0.504 e. The van der Waals surface area contributed by atoms with Crippen molar-refractivity contribution in [3.05, 3.63) is 59.3 Å². The molecule has 1 aliphatic heterocycles. The van der Waals surface area contributed by atoms with Crippen LogP contribution in [0.15, 0.2) is 58.7 Å². The van der Waals surface area contributed by atoms with E-state index < -0.39 is 11.8 Å². The van der Waals surface area contributed by atoms with Crippen LogP contribution in [0.1, 0.15) is 45.1 Å². The number of carbonyl (C=O) groups is 2. The quantitative estimate of drug-likeness (QED) is 0.661. The summed E-state index contributed by atoms with van der Waals surface area (Å²) in [6.07, 6.45) is 1.08. The van der Waals surface area contributed by atoms with E-state index in [0.29, 0.717) is 41.1 Å². The standard InChI is InChI=1S/C27H30N2O5/c1-15-23(26(32)29-17-8-6-7-9-21(17)33-4)24(16-10-11-19(30)22(12-16)34-5)25-18(28-15)13-27(2,3)14-20(25)31/h6-12,24-25,30H,13-14H2,1-5H3,(H,29,32)/t24-,25-/m0/s1. The van der Waals surface area contributed by atoms with Crippen LogP contribution in [-0.2, 0) is 9.59 Å². The van der Waals surface area contributed by atoms with Crippen LogP contribution in [-0.4, -0.2) is 36.7 Å². The Hall–Kier alpha value is -3.61. The first kappa shape index (κ1) is 23.5. The van der Waals surface area contributed by atoms with Crippen molar-refractivity contribution in [1.29, 1.82) is 0 Å². The summed E-state index contributed by atoms with van der Waals surface area (Å²) in [5, 5.41) is 13.1. The lowest BCUT2D eigenvalue weighted by atomic mass is 9.63. The first-order valence-electron chi connectivity index (χ1n) is 11.3. The Balaban J connectivity index is 1.85. The second kappa shape index (κ2) is 8.97. The van der Waals surface area contributed by atoms with Gasteiger partial charge in [-0.2, -0.15) is 0 Å². The van der Waals surface area contributed by atoms with E-state index in [0.717, 1.165) is 5.71 Å². The van der Waals surface area contributed by atoms with Crippen LogP contribution in [0.5, 0.6) is 17.2 Å². The molecule has 1 fully saturated rings. The SMILES string of the molecule is COc1cc([C@H]2C(C(=O)Nc3ccccc3OC)=C(C)N=C3CC(C)(C)CC(=O)[C@H]32)ccc1O. The number of anilines is 1. The van der Waals surface area contributed by atoms with Gasteiger partial charge in [0.25, 0.3) is 5.91 Å². The van der Waals surface area contributed by atoms with Crippen LogP contribution in [0.2, 0.25) is 0 Å². The van der Waals surface area contributed by atoms with Gasteiger partial charge in [0.2, 0.25) is 0 Å². The average Bonchev–Trinajstić information content (AvgIpc) is 2.78. The smallest absolute Gasteiger partial charge is 0.254 e. The second-order valence-corrected chi connectivity index (χ2v) is 9.63. The molecule has 34 heavy (non-hydrogen) atoms. The van der Waals surface area contributed by atoms with Crippen molar-refractivity contribution in [3.8, 4) is 17.2 Å². The van der Waals surface area contributed by atoms with Crippen molar-refractivity contribution in [2.24, 2.45) is 16.3 Å². The molecule has 1 heterocycles. The molecule has 0 unspecified atom stereocenters. The number of methoxy groups -OCH3 is 2. The number of hydrogen-bond acceptors (Lipinski definition) is 6. The summed E-state index contributed by atoms with van der Waals surface area (Å²) in [6.45, 7) is 5.92. The number of aliphatic imine (C=N–C) groups is 1. The predicted molar refractivity (Wildman–Crippen MR) is 131 cm³/mol. The number of nitrogens with one attached hydrogen (secondary N) is 1. The van der Waals surface area contributed by atoms with Gasteiger partial charge in [0, 0.05) is 29.3 Å². The molecule has 2 aromatic rings. The van der Waals surface area contributed by atoms with Crippen LogP contribution >= 0.6 is 0 Å². The highest BCUT2D eigenvalue weighted by molar-refractivity contribution is 6.14. The number of allylic oxidation sites excluding steroid dienone is 1. The fourth-order valence-corrected chi connectivity index (χ4v) is 5.07. The molecule has 4 rings (SSSR count). The first-order chi connectivity index (χ1) is 16.1. The summed E-state index contributed by atoms with van der Waals surface area (Å²) in [4.78, 5) is 31.9. The number of aromatic hydroxyl groups is 1. The van der Waals surface area contributed by atoms with Crippen molar-refractivity contribution in [2.75, 3.05) is 19.5 Å². The van der Waals surface area contributed by atoms with Gasteiger partial charge in [0.1, 0.15) is 11.5 Å². The number of amides is 1. The number of hydrogen-bond donors (Lipinski definition) is 2. The number of nitrogens with zero attached hydrogens (tertiary/aromatic N) is 1.